The van der Waals surface area contributed by atoms with Crippen LogP contribution in [0.5, 0.6) is 0 Å². The maximum atomic E-state index is 12.0. The second kappa shape index (κ2) is 7.16. The van der Waals surface area contributed by atoms with E-state index in [1.165, 1.54) is 17.5 Å². The molecule has 1 amide bonds. The predicted molar refractivity (Wildman–Crippen MR) is 90.4 cm³/mol. The zero-order valence-electron chi connectivity index (χ0n) is 12.9. The average Bonchev–Trinajstić information content (AvgIpc) is 3.09. The number of hydrogen-bond donors (Lipinski definition) is 2. The minimum atomic E-state index is 0. The second-order valence-electron chi connectivity index (χ2n) is 6.05. The van der Waals surface area contributed by atoms with Crippen LogP contribution in [-0.2, 0) is 24.1 Å². The van der Waals surface area contributed by atoms with Crippen molar-refractivity contribution < 1.29 is 9.21 Å². The molecule has 1 unspecified atom stereocenters. The maximum Gasteiger partial charge on any atom is 0.224 e. The molecule has 2 aromatic rings. The number of hydrogen-bond acceptors (Lipinski definition) is 3. The van der Waals surface area contributed by atoms with Gasteiger partial charge in [0.2, 0.25) is 5.91 Å². The quantitative estimate of drug-likeness (QED) is 0.889. The molecule has 0 fully saturated rings. The fraction of sp³-hybridized carbons (Fsp3) is 0.471. The number of nitrogens with one attached hydrogen (secondary N) is 1. The molecule has 1 aliphatic carbocycles. The summed E-state index contributed by atoms with van der Waals surface area (Å²) >= 11 is 0. The van der Waals surface area contributed by atoms with Crippen molar-refractivity contribution >= 4 is 29.3 Å². The van der Waals surface area contributed by atoms with E-state index in [0.29, 0.717) is 25.4 Å². The highest BCUT2D eigenvalue weighted by atomic mass is 35.5. The fourth-order valence-electron chi connectivity index (χ4n) is 2.89. The molecule has 1 aliphatic rings. The third kappa shape index (κ3) is 3.45. The number of fused-ring (bicyclic) bond motifs is 2. The first-order chi connectivity index (χ1) is 10.2. The van der Waals surface area contributed by atoms with Gasteiger partial charge in [0.25, 0.3) is 0 Å². The Hall–Kier alpha value is -1.52. The molecule has 0 saturated heterocycles. The van der Waals surface area contributed by atoms with Gasteiger partial charge in [0.15, 0.2) is 0 Å². The van der Waals surface area contributed by atoms with Crippen molar-refractivity contribution in [1.29, 1.82) is 0 Å². The smallest absolute Gasteiger partial charge is 0.224 e. The number of furan rings is 1. The van der Waals surface area contributed by atoms with Crippen molar-refractivity contribution in [3.8, 4) is 0 Å². The van der Waals surface area contributed by atoms with Gasteiger partial charge in [-0.05, 0) is 55.0 Å². The van der Waals surface area contributed by atoms with Crippen LogP contribution in [0.15, 0.2) is 22.8 Å². The normalized spacial score (nSPS) is 14.5. The number of rotatable bonds is 5. The SMILES string of the molecule is CC(CN)CNC(=O)Cc1coc2cc3c(cc12)CCC3.Cl. The van der Waals surface area contributed by atoms with Gasteiger partial charge in [-0.25, -0.2) is 0 Å². The zero-order valence-corrected chi connectivity index (χ0v) is 13.7. The van der Waals surface area contributed by atoms with Crippen molar-refractivity contribution in [1.82, 2.24) is 5.32 Å². The Morgan fingerprint density at radius 3 is 2.82 bits per heavy atom. The van der Waals surface area contributed by atoms with Crippen LogP contribution in [0.3, 0.4) is 0 Å². The Balaban J connectivity index is 0.00000176. The molecular formula is C17H23ClN2O2. The van der Waals surface area contributed by atoms with E-state index in [2.05, 4.69) is 17.4 Å². The number of benzene rings is 1. The molecule has 1 aromatic heterocycles. The van der Waals surface area contributed by atoms with Crippen molar-refractivity contribution in [3.05, 3.63) is 35.1 Å². The third-order valence-electron chi connectivity index (χ3n) is 4.27. The van der Waals surface area contributed by atoms with Crippen LogP contribution in [0.2, 0.25) is 0 Å². The number of carbonyl (C=O) groups excluding carboxylic acids is 1. The molecule has 0 saturated carbocycles. The summed E-state index contributed by atoms with van der Waals surface area (Å²) in [6.45, 7) is 3.23. The summed E-state index contributed by atoms with van der Waals surface area (Å²) in [5.74, 6) is 0.330. The molecule has 3 N–H and O–H groups in total. The fourth-order valence-corrected chi connectivity index (χ4v) is 2.89. The first-order valence-corrected chi connectivity index (χ1v) is 7.66. The molecule has 1 atom stereocenters. The molecular weight excluding hydrogens is 300 g/mol. The molecule has 0 spiro atoms. The number of amides is 1. The van der Waals surface area contributed by atoms with Gasteiger partial charge in [0.1, 0.15) is 5.58 Å². The highest BCUT2D eigenvalue weighted by Crippen LogP contribution is 2.30. The van der Waals surface area contributed by atoms with E-state index in [4.69, 9.17) is 10.2 Å². The Bertz CT molecular complexity index is 666. The van der Waals surface area contributed by atoms with Crippen LogP contribution in [0.25, 0.3) is 11.0 Å². The molecule has 0 aliphatic heterocycles. The largest absolute Gasteiger partial charge is 0.464 e. The van der Waals surface area contributed by atoms with Gasteiger partial charge in [0.05, 0.1) is 12.7 Å². The van der Waals surface area contributed by atoms with Crippen molar-refractivity contribution in [2.75, 3.05) is 13.1 Å². The maximum absolute atomic E-state index is 12.0. The monoisotopic (exact) mass is 322 g/mol. The number of aryl methyl sites for hydroxylation is 2. The highest BCUT2D eigenvalue weighted by Gasteiger charge is 2.16. The van der Waals surface area contributed by atoms with Crippen LogP contribution >= 0.6 is 12.4 Å². The van der Waals surface area contributed by atoms with Gasteiger partial charge in [-0.1, -0.05) is 6.92 Å². The topological polar surface area (TPSA) is 68.3 Å². The Kier molecular flexibility index (Phi) is 5.48. The van der Waals surface area contributed by atoms with E-state index < -0.39 is 0 Å². The Labute approximate surface area is 136 Å². The molecule has 5 heteroatoms. The van der Waals surface area contributed by atoms with E-state index in [-0.39, 0.29) is 18.3 Å². The van der Waals surface area contributed by atoms with Crippen molar-refractivity contribution in [2.24, 2.45) is 11.7 Å². The van der Waals surface area contributed by atoms with Crippen molar-refractivity contribution in [2.45, 2.75) is 32.6 Å². The number of nitrogens with two attached hydrogens (primary N) is 1. The van der Waals surface area contributed by atoms with Crippen LogP contribution in [-0.4, -0.2) is 19.0 Å². The Morgan fingerprint density at radius 2 is 2.09 bits per heavy atom. The molecule has 22 heavy (non-hydrogen) atoms. The molecule has 120 valence electrons. The summed E-state index contributed by atoms with van der Waals surface area (Å²) in [7, 11) is 0. The van der Waals surface area contributed by atoms with Gasteiger partial charge in [-0.2, -0.15) is 0 Å². The van der Waals surface area contributed by atoms with Crippen LogP contribution in [0.1, 0.15) is 30.0 Å². The van der Waals surface area contributed by atoms with Gasteiger partial charge >= 0.3 is 0 Å². The molecule has 1 heterocycles. The number of carbonyl (C=O) groups is 1. The van der Waals surface area contributed by atoms with E-state index in [0.717, 1.165) is 29.4 Å². The van der Waals surface area contributed by atoms with Crippen LogP contribution in [0, 0.1) is 5.92 Å². The second-order valence-corrected chi connectivity index (χ2v) is 6.05. The minimum Gasteiger partial charge on any atom is -0.464 e. The molecule has 0 radical (unpaired) electrons. The van der Waals surface area contributed by atoms with Gasteiger partial charge < -0.3 is 15.5 Å². The molecule has 1 aromatic carbocycles. The minimum absolute atomic E-state index is 0. The Morgan fingerprint density at radius 1 is 1.36 bits per heavy atom. The summed E-state index contributed by atoms with van der Waals surface area (Å²) in [6, 6.07) is 4.34. The summed E-state index contributed by atoms with van der Waals surface area (Å²) in [6.07, 6.45) is 5.57. The average molecular weight is 323 g/mol. The van der Waals surface area contributed by atoms with E-state index in [9.17, 15) is 4.79 Å². The molecule has 3 rings (SSSR count). The van der Waals surface area contributed by atoms with Crippen LogP contribution in [0.4, 0.5) is 0 Å². The summed E-state index contributed by atoms with van der Waals surface area (Å²) in [5, 5.41) is 4.01. The third-order valence-corrected chi connectivity index (χ3v) is 4.27. The van der Waals surface area contributed by atoms with Gasteiger partial charge in [-0.15, -0.1) is 12.4 Å². The van der Waals surface area contributed by atoms with Crippen molar-refractivity contribution in [3.63, 3.8) is 0 Å². The predicted octanol–water partition coefficient (Wildman–Crippen LogP) is 2.60. The first kappa shape index (κ1) is 16.8. The number of halogens is 1. The lowest BCUT2D eigenvalue weighted by Crippen LogP contribution is -2.32. The summed E-state index contributed by atoms with van der Waals surface area (Å²) < 4.78 is 5.62. The summed E-state index contributed by atoms with van der Waals surface area (Å²) in [4.78, 5) is 12.0. The van der Waals surface area contributed by atoms with Gasteiger partial charge in [0, 0.05) is 17.5 Å². The standard InChI is InChI=1S/C17H22N2O2.ClH/c1-11(8-18)9-19-17(20)7-14-10-21-16-6-13-4-2-3-12(13)5-15(14)16;/h5-6,10-11H,2-4,7-9,18H2,1H3,(H,19,20);1H. The molecule has 0 bridgehead atoms. The van der Waals surface area contributed by atoms with E-state index in [1.807, 2.05) is 6.92 Å². The first-order valence-electron chi connectivity index (χ1n) is 7.66. The lowest BCUT2D eigenvalue weighted by atomic mass is 10.0. The summed E-state index contributed by atoms with van der Waals surface area (Å²) in [5.41, 5.74) is 10.2. The lowest BCUT2D eigenvalue weighted by molar-refractivity contribution is -0.120. The lowest BCUT2D eigenvalue weighted by Gasteiger charge is -2.09. The van der Waals surface area contributed by atoms with E-state index >= 15 is 0 Å². The molecule has 4 nitrogen and oxygen atoms in total. The van der Waals surface area contributed by atoms with E-state index in [1.54, 1.807) is 6.26 Å². The van der Waals surface area contributed by atoms with Gasteiger partial charge in [-0.3, -0.25) is 4.79 Å². The zero-order chi connectivity index (χ0) is 14.8. The van der Waals surface area contributed by atoms with Crippen LogP contribution < -0.4 is 11.1 Å². The highest BCUT2D eigenvalue weighted by molar-refractivity contribution is 5.88.